The quantitative estimate of drug-likeness (QED) is 0.741. The number of rotatable bonds is 7. The fraction of sp³-hybridized carbons (Fsp3) is 0.429. The maximum absolute atomic E-state index is 12.3. The molecule has 2 aromatic carbocycles. The van der Waals surface area contributed by atoms with E-state index in [1.165, 1.54) is 10.6 Å². The Labute approximate surface area is 172 Å². The van der Waals surface area contributed by atoms with Crippen molar-refractivity contribution in [3.8, 4) is 0 Å². The van der Waals surface area contributed by atoms with Crippen molar-refractivity contribution in [2.75, 3.05) is 36.7 Å². The first-order valence-electron chi connectivity index (χ1n) is 9.51. The summed E-state index contributed by atoms with van der Waals surface area (Å²) >= 11 is 5.92. The van der Waals surface area contributed by atoms with Crippen LogP contribution in [-0.2, 0) is 10.0 Å². The van der Waals surface area contributed by atoms with Gasteiger partial charge in [-0.2, -0.15) is 0 Å². The maximum atomic E-state index is 12.3. The summed E-state index contributed by atoms with van der Waals surface area (Å²) in [6.07, 6.45) is 2.64. The monoisotopic (exact) mass is 422 g/mol. The summed E-state index contributed by atoms with van der Waals surface area (Å²) in [5, 5.41) is 11.2. The van der Waals surface area contributed by atoms with Crippen LogP contribution in [0.3, 0.4) is 0 Å². The van der Waals surface area contributed by atoms with E-state index >= 15 is 0 Å². The van der Waals surface area contributed by atoms with Crippen molar-refractivity contribution < 1.29 is 13.5 Å². The van der Waals surface area contributed by atoms with Gasteiger partial charge in [-0.05, 0) is 55.1 Å². The maximum Gasteiger partial charge on any atom is 0.232 e. The zero-order valence-electron chi connectivity index (χ0n) is 16.0. The van der Waals surface area contributed by atoms with Gasteiger partial charge in [0.15, 0.2) is 0 Å². The number of likely N-dealkylation sites (tertiary alicyclic amines) is 1. The van der Waals surface area contributed by atoms with Crippen molar-refractivity contribution in [1.29, 1.82) is 0 Å². The number of aliphatic hydroxyl groups is 1. The van der Waals surface area contributed by atoms with Gasteiger partial charge in [0.05, 0.1) is 18.0 Å². The number of piperidine rings is 1. The van der Waals surface area contributed by atoms with Gasteiger partial charge in [-0.25, -0.2) is 8.42 Å². The van der Waals surface area contributed by atoms with Crippen LogP contribution in [-0.4, -0.2) is 50.9 Å². The van der Waals surface area contributed by atoms with Gasteiger partial charge < -0.3 is 10.0 Å². The van der Waals surface area contributed by atoms with Gasteiger partial charge in [0, 0.05) is 24.7 Å². The fourth-order valence-electron chi connectivity index (χ4n) is 3.76. The molecule has 2 atom stereocenters. The highest BCUT2D eigenvalue weighted by molar-refractivity contribution is 7.92. The van der Waals surface area contributed by atoms with Crippen LogP contribution >= 0.6 is 11.6 Å². The predicted molar refractivity (Wildman–Crippen MR) is 114 cm³/mol. The summed E-state index contributed by atoms with van der Waals surface area (Å²) in [5.41, 5.74) is 1.54. The molecule has 152 valence electrons. The van der Waals surface area contributed by atoms with Gasteiger partial charge in [0.2, 0.25) is 10.0 Å². The molecule has 7 heteroatoms. The van der Waals surface area contributed by atoms with Gasteiger partial charge in [-0.1, -0.05) is 41.9 Å². The molecule has 0 aromatic heterocycles. The summed E-state index contributed by atoms with van der Waals surface area (Å²) in [5.74, 6) is 0.223. The van der Waals surface area contributed by atoms with Crippen LogP contribution in [0.5, 0.6) is 0 Å². The second-order valence-corrected chi connectivity index (χ2v) is 9.81. The Morgan fingerprint density at radius 1 is 1.18 bits per heavy atom. The van der Waals surface area contributed by atoms with E-state index in [0.29, 0.717) is 23.8 Å². The Morgan fingerprint density at radius 2 is 1.86 bits per heavy atom. The normalized spacial score (nSPS) is 19.3. The number of halogens is 1. The molecule has 3 rings (SSSR count). The minimum absolute atomic E-state index is 0.223. The third kappa shape index (κ3) is 5.70. The topological polar surface area (TPSA) is 60.9 Å². The number of hydrogen-bond acceptors (Lipinski definition) is 4. The molecule has 1 fully saturated rings. The zero-order chi connectivity index (χ0) is 20.1. The average molecular weight is 423 g/mol. The standard InChI is InChI=1S/C21H27ClN2O3S/c1-28(26,27)24(20-7-3-2-4-8-20)15-17-6-5-13-23(14-17)16-21(25)18-9-11-19(22)12-10-18/h2-4,7-12,17,21,25H,5-6,13-16H2,1H3. The van der Waals surface area contributed by atoms with E-state index in [0.717, 1.165) is 31.5 Å². The highest BCUT2D eigenvalue weighted by Gasteiger charge is 2.27. The Hall–Kier alpha value is -1.60. The first-order valence-corrected chi connectivity index (χ1v) is 11.7. The molecule has 1 aliphatic heterocycles. The Kier molecular flexibility index (Phi) is 6.99. The van der Waals surface area contributed by atoms with E-state index < -0.39 is 16.1 Å². The lowest BCUT2D eigenvalue weighted by molar-refractivity contribution is 0.0860. The van der Waals surface area contributed by atoms with Crippen LogP contribution in [0.15, 0.2) is 54.6 Å². The van der Waals surface area contributed by atoms with Gasteiger partial charge in [-0.15, -0.1) is 0 Å². The number of sulfonamides is 1. The number of nitrogens with zero attached hydrogens (tertiary/aromatic N) is 2. The highest BCUT2D eigenvalue weighted by Crippen LogP contribution is 2.25. The molecule has 1 aliphatic rings. The molecule has 5 nitrogen and oxygen atoms in total. The third-order valence-electron chi connectivity index (χ3n) is 5.16. The lowest BCUT2D eigenvalue weighted by Crippen LogP contribution is -2.44. The molecule has 28 heavy (non-hydrogen) atoms. The zero-order valence-corrected chi connectivity index (χ0v) is 17.6. The Bertz CT molecular complexity index is 859. The van der Waals surface area contributed by atoms with Crippen molar-refractivity contribution in [2.45, 2.75) is 18.9 Å². The van der Waals surface area contributed by atoms with Crippen LogP contribution in [0.4, 0.5) is 5.69 Å². The largest absolute Gasteiger partial charge is 0.387 e. The molecule has 1 saturated heterocycles. The molecule has 1 N–H and O–H groups in total. The van der Waals surface area contributed by atoms with Gasteiger partial charge in [0.25, 0.3) is 0 Å². The van der Waals surface area contributed by atoms with Crippen LogP contribution in [0.25, 0.3) is 0 Å². The van der Waals surface area contributed by atoms with Crippen molar-refractivity contribution in [3.05, 3.63) is 65.2 Å². The van der Waals surface area contributed by atoms with E-state index in [1.807, 2.05) is 42.5 Å². The summed E-state index contributed by atoms with van der Waals surface area (Å²) in [6, 6.07) is 16.5. The molecular formula is C21H27ClN2O3S. The lowest BCUT2D eigenvalue weighted by atomic mass is 9.97. The lowest BCUT2D eigenvalue weighted by Gasteiger charge is -2.36. The fourth-order valence-corrected chi connectivity index (χ4v) is 4.87. The van der Waals surface area contributed by atoms with Gasteiger partial charge >= 0.3 is 0 Å². The summed E-state index contributed by atoms with van der Waals surface area (Å²) < 4.78 is 26.2. The minimum atomic E-state index is -3.35. The number of β-amino-alcohol motifs (C(OH)–C–C–N with tert-alkyl or cyclic N) is 1. The predicted octanol–water partition coefficient (Wildman–Crippen LogP) is 3.55. The molecule has 0 saturated carbocycles. The van der Waals surface area contributed by atoms with E-state index in [1.54, 1.807) is 12.1 Å². The molecule has 0 spiro atoms. The summed E-state index contributed by atoms with van der Waals surface area (Å²) in [4.78, 5) is 2.22. The van der Waals surface area contributed by atoms with Crippen LogP contribution in [0.1, 0.15) is 24.5 Å². The number of hydrogen-bond donors (Lipinski definition) is 1. The molecular weight excluding hydrogens is 396 g/mol. The number of benzene rings is 2. The average Bonchev–Trinajstić information content (AvgIpc) is 2.67. The molecule has 0 bridgehead atoms. The summed E-state index contributed by atoms with van der Waals surface area (Å²) in [6.45, 7) is 2.66. The molecule has 1 heterocycles. The second kappa shape index (κ2) is 9.27. The molecule has 0 amide bonds. The molecule has 0 radical (unpaired) electrons. The third-order valence-corrected chi connectivity index (χ3v) is 6.57. The van der Waals surface area contributed by atoms with Crippen molar-refractivity contribution in [3.63, 3.8) is 0 Å². The first-order chi connectivity index (χ1) is 13.3. The van der Waals surface area contributed by atoms with Crippen LogP contribution < -0.4 is 4.31 Å². The summed E-state index contributed by atoms with van der Waals surface area (Å²) in [7, 11) is -3.35. The van der Waals surface area contributed by atoms with Crippen LogP contribution in [0.2, 0.25) is 5.02 Å². The minimum Gasteiger partial charge on any atom is -0.387 e. The Morgan fingerprint density at radius 3 is 2.50 bits per heavy atom. The van der Waals surface area contributed by atoms with E-state index in [2.05, 4.69) is 4.90 Å². The Balaban J connectivity index is 1.64. The van der Waals surface area contributed by atoms with Gasteiger partial charge in [-0.3, -0.25) is 4.31 Å². The molecule has 0 aliphatic carbocycles. The SMILES string of the molecule is CS(=O)(=O)N(CC1CCCN(CC(O)c2ccc(Cl)cc2)C1)c1ccccc1. The molecule has 2 unspecified atom stereocenters. The molecule has 2 aromatic rings. The van der Waals surface area contributed by atoms with Crippen molar-refractivity contribution >= 4 is 27.3 Å². The second-order valence-electron chi connectivity index (χ2n) is 7.46. The smallest absolute Gasteiger partial charge is 0.232 e. The highest BCUT2D eigenvalue weighted by atomic mass is 35.5. The van der Waals surface area contributed by atoms with Gasteiger partial charge in [0.1, 0.15) is 0 Å². The van der Waals surface area contributed by atoms with E-state index in [4.69, 9.17) is 11.6 Å². The first kappa shape index (κ1) is 21.1. The van der Waals surface area contributed by atoms with E-state index in [9.17, 15) is 13.5 Å². The number of para-hydroxylation sites is 1. The van der Waals surface area contributed by atoms with Crippen LogP contribution in [0, 0.1) is 5.92 Å². The number of anilines is 1. The number of aliphatic hydroxyl groups excluding tert-OH is 1. The van der Waals surface area contributed by atoms with Crippen molar-refractivity contribution in [1.82, 2.24) is 4.90 Å². The van der Waals surface area contributed by atoms with Crippen molar-refractivity contribution in [2.24, 2.45) is 5.92 Å². The van der Waals surface area contributed by atoms with E-state index in [-0.39, 0.29) is 5.92 Å².